The summed E-state index contributed by atoms with van der Waals surface area (Å²) < 4.78 is 6.31. The van der Waals surface area contributed by atoms with Crippen LogP contribution in [-0.2, 0) is 0 Å². The third-order valence-corrected chi connectivity index (χ3v) is 7.53. The van der Waals surface area contributed by atoms with Crippen LogP contribution in [0.25, 0.3) is 78.0 Å². The first kappa shape index (κ1) is 23.3. The molecule has 0 spiro atoms. The van der Waals surface area contributed by atoms with E-state index >= 15 is 0 Å². The summed E-state index contributed by atoms with van der Waals surface area (Å²) in [5.41, 5.74) is 6.57. The van der Waals surface area contributed by atoms with Crippen molar-refractivity contribution in [2.24, 2.45) is 0 Å². The fourth-order valence-corrected chi connectivity index (χ4v) is 5.57. The van der Waals surface area contributed by atoms with Gasteiger partial charge in [0, 0.05) is 27.5 Å². The lowest BCUT2D eigenvalue weighted by Crippen LogP contribution is -2.01. The van der Waals surface area contributed by atoms with Crippen molar-refractivity contribution in [2.75, 3.05) is 0 Å². The highest BCUT2D eigenvalue weighted by atomic mass is 16.3. The average molecular weight is 526 g/mol. The molecule has 0 unspecified atom stereocenters. The number of nitrogens with zero attached hydrogens (tertiary/aromatic N) is 3. The lowest BCUT2D eigenvalue weighted by atomic mass is 9.94. The number of hydrogen-bond acceptors (Lipinski definition) is 4. The van der Waals surface area contributed by atoms with Gasteiger partial charge in [-0.05, 0) is 46.2 Å². The maximum atomic E-state index is 6.31. The molecule has 0 amide bonds. The summed E-state index contributed by atoms with van der Waals surface area (Å²) >= 11 is 0. The molecule has 2 heterocycles. The topological polar surface area (TPSA) is 51.8 Å². The number of para-hydroxylation sites is 1. The van der Waals surface area contributed by atoms with E-state index in [2.05, 4.69) is 78.9 Å². The van der Waals surface area contributed by atoms with Crippen LogP contribution >= 0.6 is 0 Å². The first-order valence-corrected chi connectivity index (χ1v) is 13.6. The molecule has 0 aliphatic heterocycles. The van der Waals surface area contributed by atoms with Crippen LogP contribution in [0.15, 0.2) is 144 Å². The van der Waals surface area contributed by atoms with Crippen LogP contribution < -0.4 is 0 Å². The largest absolute Gasteiger partial charge is 0.456 e. The third-order valence-electron chi connectivity index (χ3n) is 7.53. The molecule has 41 heavy (non-hydrogen) atoms. The number of hydrogen-bond donors (Lipinski definition) is 0. The van der Waals surface area contributed by atoms with Gasteiger partial charge in [-0.15, -0.1) is 0 Å². The van der Waals surface area contributed by atoms with Crippen LogP contribution in [0.3, 0.4) is 0 Å². The zero-order chi connectivity index (χ0) is 27.2. The maximum absolute atomic E-state index is 6.31. The van der Waals surface area contributed by atoms with Gasteiger partial charge < -0.3 is 4.42 Å². The first-order chi connectivity index (χ1) is 20.3. The Hall–Kier alpha value is -5.61. The second-order valence-electron chi connectivity index (χ2n) is 10.1. The predicted molar refractivity (Wildman–Crippen MR) is 166 cm³/mol. The Bertz CT molecular complexity index is 2200. The zero-order valence-electron chi connectivity index (χ0n) is 22.0. The van der Waals surface area contributed by atoms with Crippen molar-refractivity contribution in [3.8, 4) is 45.3 Å². The summed E-state index contributed by atoms with van der Waals surface area (Å²) in [6, 6.07) is 47.5. The van der Waals surface area contributed by atoms with Crippen LogP contribution in [-0.4, -0.2) is 15.0 Å². The van der Waals surface area contributed by atoms with E-state index in [4.69, 9.17) is 19.4 Å². The Kier molecular flexibility index (Phi) is 5.42. The molecule has 4 heteroatoms. The molecule has 0 N–H and O–H groups in total. The minimum absolute atomic E-state index is 0.609. The summed E-state index contributed by atoms with van der Waals surface area (Å²) in [5.74, 6) is 1.86. The van der Waals surface area contributed by atoms with Gasteiger partial charge in [-0.25, -0.2) is 15.0 Å². The van der Waals surface area contributed by atoms with E-state index in [0.717, 1.165) is 55.1 Å². The first-order valence-electron chi connectivity index (χ1n) is 13.6. The number of aromatic nitrogens is 3. The molecule has 0 aliphatic rings. The number of rotatable bonds is 4. The summed E-state index contributed by atoms with van der Waals surface area (Å²) in [7, 11) is 0. The second-order valence-corrected chi connectivity index (χ2v) is 10.1. The molecule has 8 rings (SSSR count). The third kappa shape index (κ3) is 4.05. The van der Waals surface area contributed by atoms with Crippen LogP contribution in [0.5, 0.6) is 0 Å². The molecule has 0 fully saturated rings. The highest BCUT2D eigenvalue weighted by molar-refractivity contribution is 6.15. The number of fused-ring (bicyclic) bond motifs is 4. The van der Waals surface area contributed by atoms with Crippen molar-refractivity contribution in [3.63, 3.8) is 0 Å². The smallest absolute Gasteiger partial charge is 0.165 e. The molecule has 0 aliphatic carbocycles. The lowest BCUT2D eigenvalue weighted by molar-refractivity contribution is 0.669. The highest BCUT2D eigenvalue weighted by Gasteiger charge is 2.21. The Morgan fingerprint density at radius 2 is 1.05 bits per heavy atom. The minimum atomic E-state index is 0.609. The van der Waals surface area contributed by atoms with Gasteiger partial charge in [0.25, 0.3) is 0 Å². The van der Waals surface area contributed by atoms with Gasteiger partial charge >= 0.3 is 0 Å². The van der Waals surface area contributed by atoms with E-state index in [9.17, 15) is 0 Å². The summed E-state index contributed by atoms with van der Waals surface area (Å²) in [5, 5.41) is 4.34. The normalized spacial score (nSPS) is 11.4. The van der Waals surface area contributed by atoms with Gasteiger partial charge in [-0.3, -0.25) is 0 Å². The predicted octanol–water partition coefficient (Wildman–Crippen LogP) is 9.59. The second kappa shape index (κ2) is 9.54. The Morgan fingerprint density at radius 1 is 0.415 bits per heavy atom. The van der Waals surface area contributed by atoms with Crippen LogP contribution in [0.2, 0.25) is 0 Å². The van der Waals surface area contributed by atoms with E-state index in [1.165, 1.54) is 5.39 Å². The Morgan fingerprint density at radius 3 is 1.85 bits per heavy atom. The average Bonchev–Trinajstić information content (AvgIpc) is 3.43. The number of benzene rings is 6. The van der Waals surface area contributed by atoms with Crippen molar-refractivity contribution < 1.29 is 4.42 Å². The van der Waals surface area contributed by atoms with Gasteiger partial charge in [0.15, 0.2) is 17.5 Å². The van der Waals surface area contributed by atoms with E-state index in [1.54, 1.807) is 0 Å². The van der Waals surface area contributed by atoms with Crippen molar-refractivity contribution in [1.82, 2.24) is 15.0 Å². The van der Waals surface area contributed by atoms with E-state index in [-0.39, 0.29) is 0 Å². The molecule has 0 bridgehead atoms. The van der Waals surface area contributed by atoms with Crippen molar-refractivity contribution in [1.29, 1.82) is 0 Å². The molecular formula is C37H23N3O. The van der Waals surface area contributed by atoms with Gasteiger partial charge in [0.05, 0.1) is 0 Å². The number of furan rings is 1. The molecule has 0 saturated carbocycles. The van der Waals surface area contributed by atoms with Crippen LogP contribution in [0, 0.1) is 0 Å². The zero-order valence-corrected chi connectivity index (χ0v) is 22.0. The standard InChI is InChI=1S/C37H23N3O/c1-3-12-25(13-4-1)29-21-22-32-33(30-17-9-10-18-31(30)41-32)34(29)37-39-35(26-14-5-2-6-15-26)38-36(40-37)28-20-19-24-11-7-8-16-27(24)23-28/h1-23H. The van der Waals surface area contributed by atoms with Crippen LogP contribution in [0.4, 0.5) is 0 Å². The van der Waals surface area contributed by atoms with Gasteiger partial charge in [0.1, 0.15) is 11.2 Å². The van der Waals surface area contributed by atoms with E-state index in [1.807, 2.05) is 60.7 Å². The molecule has 4 nitrogen and oxygen atoms in total. The molecule has 0 saturated heterocycles. The fraction of sp³-hybridized carbons (Fsp3) is 0. The Labute approximate surface area is 236 Å². The Balaban J connectivity index is 1.47. The van der Waals surface area contributed by atoms with Gasteiger partial charge in [0.2, 0.25) is 0 Å². The molecule has 192 valence electrons. The molecular weight excluding hydrogens is 502 g/mol. The fourth-order valence-electron chi connectivity index (χ4n) is 5.57. The quantitative estimate of drug-likeness (QED) is 0.230. The summed E-state index contributed by atoms with van der Waals surface area (Å²) in [6.07, 6.45) is 0. The van der Waals surface area contributed by atoms with E-state index in [0.29, 0.717) is 17.5 Å². The minimum Gasteiger partial charge on any atom is -0.456 e. The highest BCUT2D eigenvalue weighted by Crippen LogP contribution is 2.42. The molecule has 6 aromatic carbocycles. The van der Waals surface area contributed by atoms with Crippen molar-refractivity contribution in [2.45, 2.75) is 0 Å². The molecule has 0 radical (unpaired) electrons. The van der Waals surface area contributed by atoms with E-state index < -0.39 is 0 Å². The monoisotopic (exact) mass is 525 g/mol. The SMILES string of the molecule is c1ccc(-c2nc(-c3ccc4ccccc4c3)nc(-c3c(-c4ccccc4)ccc4oc5ccccc5c34)n2)cc1. The summed E-state index contributed by atoms with van der Waals surface area (Å²) in [4.78, 5) is 15.3. The molecule has 2 aromatic heterocycles. The molecule has 0 atom stereocenters. The lowest BCUT2D eigenvalue weighted by Gasteiger charge is -2.13. The maximum Gasteiger partial charge on any atom is 0.165 e. The van der Waals surface area contributed by atoms with Crippen molar-refractivity contribution >= 4 is 32.7 Å². The summed E-state index contributed by atoms with van der Waals surface area (Å²) in [6.45, 7) is 0. The van der Waals surface area contributed by atoms with Crippen LogP contribution in [0.1, 0.15) is 0 Å². The van der Waals surface area contributed by atoms with Crippen molar-refractivity contribution in [3.05, 3.63) is 140 Å². The van der Waals surface area contributed by atoms with Gasteiger partial charge in [-0.2, -0.15) is 0 Å². The molecule has 8 aromatic rings. The van der Waals surface area contributed by atoms with Gasteiger partial charge in [-0.1, -0.05) is 115 Å².